The molecule has 10 nitrogen and oxygen atoms in total. The molecule has 2 fully saturated rings. The number of amides is 1. The minimum Gasteiger partial charge on any atom is -0.507 e. The van der Waals surface area contributed by atoms with Crippen molar-refractivity contribution in [2.45, 2.75) is 63.1 Å². The lowest BCUT2D eigenvalue weighted by Crippen LogP contribution is -2.66. The molecule has 0 spiro atoms. The van der Waals surface area contributed by atoms with E-state index in [0.29, 0.717) is 11.3 Å². The number of carbonyl (C=O) groups is 3. The lowest BCUT2D eigenvalue weighted by Gasteiger charge is -2.48. The Bertz CT molecular complexity index is 1260. The van der Waals surface area contributed by atoms with Crippen molar-refractivity contribution in [1.29, 1.82) is 0 Å². The average molecular weight is 556 g/mol. The van der Waals surface area contributed by atoms with Gasteiger partial charge in [-0.2, -0.15) is 13.2 Å². The second-order valence-corrected chi connectivity index (χ2v) is 11.0. The molecule has 1 aromatic carbocycles. The molecule has 6 atom stereocenters. The number of phenolic OH excluding ortho intramolecular Hbond substituents is 1. The first-order chi connectivity index (χ1) is 18.0. The fourth-order valence-corrected chi connectivity index (χ4v) is 6.26. The molecule has 1 amide bonds. The maximum Gasteiger partial charge on any atom is 0.390 e. The number of ketones is 2. The van der Waals surface area contributed by atoms with Gasteiger partial charge in [0.15, 0.2) is 11.4 Å². The van der Waals surface area contributed by atoms with Crippen LogP contribution in [0.1, 0.15) is 42.9 Å². The van der Waals surface area contributed by atoms with E-state index in [0.717, 1.165) is 0 Å². The normalized spacial score (nSPS) is 29.4. The van der Waals surface area contributed by atoms with Crippen LogP contribution in [-0.2, 0) is 27.3 Å². The highest BCUT2D eigenvalue weighted by atomic mass is 19.4. The number of fused-ring (bicyclic) bond motifs is 3. The molecule has 0 heterocycles. The monoisotopic (exact) mass is 555 g/mol. The van der Waals surface area contributed by atoms with E-state index >= 15 is 0 Å². The van der Waals surface area contributed by atoms with Gasteiger partial charge in [-0.25, -0.2) is 0 Å². The van der Waals surface area contributed by atoms with Crippen LogP contribution >= 0.6 is 0 Å². The molecule has 2 saturated carbocycles. The van der Waals surface area contributed by atoms with Gasteiger partial charge in [-0.1, -0.05) is 0 Å². The third-order valence-corrected chi connectivity index (χ3v) is 8.10. The lowest BCUT2D eigenvalue weighted by molar-refractivity contribution is -0.174. The summed E-state index contributed by atoms with van der Waals surface area (Å²) in [5, 5.41) is 46.9. The number of aliphatic hydroxyl groups is 3. The van der Waals surface area contributed by atoms with Crippen LogP contribution in [0.15, 0.2) is 11.6 Å². The van der Waals surface area contributed by atoms with Crippen LogP contribution in [-0.4, -0.2) is 75.9 Å². The largest absolute Gasteiger partial charge is 0.507 e. The van der Waals surface area contributed by atoms with Crippen molar-refractivity contribution in [2.24, 2.45) is 23.5 Å². The number of aromatic hydroxyl groups is 1. The molecule has 3 aliphatic carbocycles. The van der Waals surface area contributed by atoms with Crippen molar-refractivity contribution in [2.75, 3.05) is 19.0 Å². The number of nitrogens with two attached hydrogens (primary N) is 1. The van der Waals surface area contributed by atoms with E-state index < -0.39 is 77.1 Å². The van der Waals surface area contributed by atoms with Crippen LogP contribution in [0.5, 0.6) is 5.75 Å². The second-order valence-electron chi connectivity index (χ2n) is 11.0. The summed E-state index contributed by atoms with van der Waals surface area (Å²) in [7, 11) is 3.41. The predicted octanol–water partition coefficient (Wildman–Crippen LogP) is 1.09. The molecular formula is C26H32F3N3O7. The zero-order valence-corrected chi connectivity index (χ0v) is 21.7. The van der Waals surface area contributed by atoms with Gasteiger partial charge < -0.3 is 36.4 Å². The van der Waals surface area contributed by atoms with Crippen LogP contribution in [0.2, 0.25) is 0 Å². The number of aliphatic hydroxyl groups excluding tert-OH is 2. The minimum atomic E-state index is -4.39. The smallest absolute Gasteiger partial charge is 0.390 e. The Morgan fingerprint density at radius 2 is 1.90 bits per heavy atom. The number of hydrogen-bond donors (Lipinski definition) is 6. The first kappa shape index (κ1) is 28.8. The van der Waals surface area contributed by atoms with Crippen molar-refractivity contribution < 1.29 is 48.0 Å². The third kappa shape index (κ3) is 4.76. The summed E-state index contributed by atoms with van der Waals surface area (Å²) in [5.41, 5.74) is 3.36. The second kappa shape index (κ2) is 9.79. The van der Waals surface area contributed by atoms with Crippen molar-refractivity contribution in [3.8, 4) is 5.75 Å². The SMILES string of the molecule is CC(CC(F)(F)F)NCc1cc(N(C)C)c2c(c1O)C(O)=C1C(=O)[C@]3(O)C(=O)C(C(N)=O)C(O)C[C@@H]3C[C@@H]1C2. The van der Waals surface area contributed by atoms with Gasteiger partial charge in [0.1, 0.15) is 17.4 Å². The van der Waals surface area contributed by atoms with E-state index in [2.05, 4.69) is 5.32 Å². The Balaban J connectivity index is 1.79. The highest BCUT2D eigenvalue weighted by Gasteiger charge is 2.64. The van der Waals surface area contributed by atoms with E-state index in [9.17, 15) is 48.0 Å². The van der Waals surface area contributed by atoms with E-state index in [1.165, 1.54) is 6.92 Å². The zero-order chi connectivity index (χ0) is 29.2. The predicted molar refractivity (Wildman–Crippen MR) is 133 cm³/mol. The fraction of sp³-hybridized carbons (Fsp3) is 0.577. The van der Waals surface area contributed by atoms with Crippen LogP contribution in [0, 0.1) is 17.8 Å². The van der Waals surface area contributed by atoms with Gasteiger partial charge in [0.2, 0.25) is 11.7 Å². The first-order valence-corrected chi connectivity index (χ1v) is 12.6. The number of anilines is 1. The number of rotatable bonds is 6. The molecule has 0 saturated heterocycles. The Hall–Kier alpha value is -3.16. The Kier molecular flexibility index (Phi) is 7.24. The van der Waals surface area contributed by atoms with E-state index in [1.807, 2.05) is 0 Å². The lowest BCUT2D eigenvalue weighted by atomic mass is 9.56. The van der Waals surface area contributed by atoms with Crippen molar-refractivity contribution in [3.05, 3.63) is 28.3 Å². The number of halogens is 3. The molecule has 0 bridgehead atoms. The van der Waals surface area contributed by atoms with Gasteiger partial charge >= 0.3 is 6.18 Å². The Morgan fingerprint density at radius 3 is 2.46 bits per heavy atom. The quantitative estimate of drug-likeness (QED) is 0.281. The number of nitrogens with one attached hydrogen (secondary N) is 1. The standard InChI is InChI=1S/C26H32F3N3O7/c1-10(8-25(27,28)29)31-9-12-6-15(32(2)3)14-5-11-4-13-7-16(33)19(24(30)38)23(37)26(13,39)22(36)17(11)21(35)18(14)20(12)34/h6,10-11,13,16,19,31,33-35,39H,4-5,7-9H2,1-3H3,(H2,30,38)/t10?,11-,13+,16?,19?,26+/m1/s1. The Morgan fingerprint density at radius 1 is 1.26 bits per heavy atom. The summed E-state index contributed by atoms with van der Waals surface area (Å²) < 4.78 is 38.3. The van der Waals surface area contributed by atoms with Crippen molar-refractivity contribution >= 4 is 28.9 Å². The van der Waals surface area contributed by atoms with Gasteiger partial charge in [0, 0.05) is 49.4 Å². The highest BCUT2D eigenvalue weighted by molar-refractivity contribution is 6.24. The number of carbonyl (C=O) groups excluding carboxylic acids is 3. The maximum atomic E-state index is 13.7. The molecule has 7 N–H and O–H groups in total. The molecule has 39 heavy (non-hydrogen) atoms. The molecule has 0 aliphatic heterocycles. The molecule has 214 valence electrons. The number of Topliss-reactive ketones (excluding diaryl/α,β-unsaturated/α-hetero) is 2. The molecule has 3 unspecified atom stereocenters. The number of alkyl halides is 3. The number of phenols is 1. The highest BCUT2D eigenvalue weighted by Crippen LogP contribution is 2.53. The number of nitrogens with zero attached hydrogens (tertiary/aromatic N) is 1. The fourth-order valence-electron chi connectivity index (χ4n) is 6.26. The Labute approximate surface area is 222 Å². The van der Waals surface area contributed by atoms with Crippen molar-refractivity contribution in [1.82, 2.24) is 5.32 Å². The summed E-state index contributed by atoms with van der Waals surface area (Å²) in [6, 6.07) is 0.614. The summed E-state index contributed by atoms with van der Waals surface area (Å²) in [6.07, 6.45) is -7.03. The molecule has 0 aromatic heterocycles. The maximum absolute atomic E-state index is 13.7. The van der Waals surface area contributed by atoms with Crippen LogP contribution in [0.3, 0.4) is 0 Å². The number of benzene rings is 1. The molecule has 3 aliphatic rings. The van der Waals surface area contributed by atoms with Gasteiger partial charge in [-0.15, -0.1) is 0 Å². The molecule has 4 rings (SSSR count). The number of primary amides is 1. The minimum absolute atomic E-state index is 0.0290. The summed E-state index contributed by atoms with van der Waals surface area (Å²) >= 11 is 0. The van der Waals surface area contributed by atoms with Gasteiger partial charge in [0.05, 0.1) is 18.1 Å². The van der Waals surface area contributed by atoms with Gasteiger partial charge in [-0.3, -0.25) is 14.4 Å². The van der Waals surface area contributed by atoms with E-state index in [-0.39, 0.29) is 42.5 Å². The van der Waals surface area contributed by atoms with Crippen LogP contribution in [0.4, 0.5) is 18.9 Å². The van der Waals surface area contributed by atoms with Gasteiger partial charge in [-0.05, 0) is 43.7 Å². The number of hydrogen-bond acceptors (Lipinski definition) is 9. The van der Waals surface area contributed by atoms with Crippen molar-refractivity contribution in [3.63, 3.8) is 0 Å². The van der Waals surface area contributed by atoms with E-state index in [4.69, 9.17) is 5.73 Å². The van der Waals surface area contributed by atoms with Gasteiger partial charge in [0.25, 0.3) is 0 Å². The average Bonchev–Trinajstić information content (AvgIpc) is 2.79. The molecule has 1 aromatic rings. The molecular weight excluding hydrogens is 523 g/mol. The summed E-state index contributed by atoms with van der Waals surface area (Å²) in [6.45, 7) is 1.16. The molecule has 13 heteroatoms. The zero-order valence-electron chi connectivity index (χ0n) is 21.7. The summed E-state index contributed by atoms with van der Waals surface area (Å²) in [4.78, 5) is 40.3. The van der Waals surface area contributed by atoms with Crippen LogP contribution in [0.25, 0.3) is 5.76 Å². The molecule has 0 radical (unpaired) electrons. The third-order valence-electron chi connectivity index (χ3n) is 8.10. The van der Waals surface area contributed by atoms with Crippen LogP contribution < -0.4 is 16.0 Å². The first-order valence-electron chi connectivity index (χ1n) is 12.6. The summed E-state index contributed by atoms with van der Waals surface area (Å²) in [5.74, 6) is -8.14. The van der Waals surface area contributed by atoms with E-state index in [1.54, 1.807) is 25.1 Å². The topological polar surface area (TPSA) is 173 Å².